The second-order valence-corrected chi connectivity index (χ2v) is 16.1. The summed E-state index contributed by atoms with van der Waals surface area (Å²) in [5, 5.41) is 6.60. The van der Waals surface area contributed by atoms with Gasteiger partial charge in [-0.3, -0.25) is 4.98 Å². The molecule has 0 radical (unpaired) electrons. The van der Waals surface area contributed by atoms with Crippen molar-refractivity contribution in [1.29, 1.82) is 0 Å². The van der Waals surface area contributed by atoms with Crippen LogP contribution in [0.3, 0.4) is 0 Å². The Kier molecular flexibility index (Phi) is 3.68. The van der Waals surface area contributed by atoms with Crippen LogP contribution in [-0.4, -0.2) is 17.5 Å². The van der Waals surface area contributed by atoms with Crippen molar-refractivity contribution in [3.63, 3.8) is 0 Å². The quantitative estimate of drug-likeness (QED) is 0.145. The smallest absolute Gasteiger partial charge is 0.0822 e. The van der Waals surface area contributed by atoms with Gasteiger partial charge in [-0.05, 0) is 72.5 Å². The van der Waals surface area contributed by atoms with Gasteiger partial charge >= 0.3 is 0 Å². The van der Waals surface area contributed by atoms with E-state index in [-0.39, 0.29) is 0 Å². The first-order valence-corrected chi connectivity index (χ1v) is 15.4. The normalized spacial score (nSPS) is 17.5. The molecule has 0 bridgehead atoms. The number of fused-ring (bicyclic) bond motifs is 5. The van der Waals surface area contributed by atoms with Gasteiger partial charge in [0.2, 0.25) is 0 Å². The molecule has 1 saturated heterocycles. The lowest BCUT2D eigenvalue weighted by atomic mass is 9.90. The monoisotopic (exact) mass is 432 g/mol. The molecule has 0 unspecified atom stereocenters. The maximum absolute atomic E-state index is 4.93. The van der Waals surface area contributed by atoms with Gasteiger partial charge in [-0.2, -0.15) is 0 Å². The summed E-state index contributed by atoms with van der Waals surface area (Å²) in [7, 11) is -0.971. The molecule has 4 heterocycles. The molecule has 0 atom stereocenters. The first kappa shape index (κ1) is 18.6. The molecule has 0 spiro atoms. The fraction of sp³-hybridized carbons (Fsp3) is 0.276. The molecular formula is C29H28N2Si. The minimum Gasteiger partial charge on any atom is -0.308 e. The zero-order chi connectivity index (χ0) is 21.6. The molecule has 7 rings (SSSR count). The molecule has 1 aliphatic heterocycles. The van der Waals surface area contributed by atoms with E-state index >= 15 is 0 Å². The number of pyridine rings is 2. The molecule has 0 aliphatic carbocycles. The lowest BCUT2D eigenvalue weighted by Crippen LogP contribution is -2.30. The molecule has 0 N–H and O–H groups in total. The Morgan fingerprint density at radius 1 is 0.875 bits per heavy atom. The summed E-state index contributed by atoms with van der Waals surface area (Å²) in [6.07, 6.45) is 4.70. The predicted octanol–water partition coefficient (Wildman–Crippen LogP) is 8.28. The highest BCUT2D eigenvalue weighted by atomic mass is 28.3. The Morgan fingerprint density at radius 3 is 2.50 bits per heavy atom. The number of hydrogen-bond acceptors (Lipinski definition) is 1. The van der Waals surface area contributed by atoms with Gasteiger partial charge in [-0.25, -0.2) is 0 Å². The van der Waals surface area contributed by atoms with Crippen molar-refractivity contribution in [3.05, 3.63) is 71.9 Å². The Bertz CT molecular complexity index is 1660. The first-order valence-electron chi connectivity index (χ1n) is 12.0. The third-order valence-corrected chi connectivity index (χ3v) is 11.4. The van der Waals surface area contributed by atoms with E-state index in [4.69, 9.17) is 4.98 Å². The van der Waals surface area contributed by atoms with Crippen molar-refractivity contribution in [2.24, 2.45) is 0 Å². The van der Waals surface area contributed by atoms with E-state index in [1.54, 1.807) is 0 Å². The molecule has 1 fully saturated rings. The van der Waals surface area contributed by atoms with Gasteiger partial charge in [0, 0.05) is 35.8 Å². The van der Waals surface area contributed by atoms with E-state index in [1.165, 1.54) is 79.5 Å². The van der Waals surface area contributed by atoms with Gasteiger partial charge in [-0.1, -0.05) is 49.4 Å². The summed E-state index contributed by atoms with van der Waals surface area (Å²) in [6.45, 7) is 7.33. The SMILES string of the molecule is Cc1cc2c3ccccc3n3c4cc(C5CC[Si](C)(C)CC5)cc5ccnc(c(c1)c23)c54. The van der Waals surface area contributed by atoms with Crippen LogP contribution in [-0.2, 0) is 0 Å². The molecule has 3 aromatic carbocycles. The lowest BCUT2D eigenvalue weighted by molar-refractivity contribution is 0.603. The van der Waals surface area contributed by atoms with Crippen LogP contribution < -0.4 is 0 Å². The Morgan fingerprint density at radius 2 is 1.66 bits per heavy atom. The maximum Gasteiger partial charge on any atom is 0.0822 e. The molecule has 3 aromatic heterocycles. The highest BCUT2D eigenvalue weighted by molar-refractivity contribution is 6.77. The van der Waals surface area contributed by atoms with Crippen LogP contribution in [0.4, 0.5) is 0 Å². The van der Waals surface area contributed by atoms with Crippen LogP contribution in [0.1, 0.15) is 29.9 Å². The average molecular weight is 433 g/mol. The van der Waals surface area contributed by atoms with E-state index in [2.05, 4.69) is 79.0 Å². The highest BCUT2D eigenvalue weighted by Crippen LogP contribution is 2.43. The Balaban J connectivity index is 1.65. The van der Waals surface area contributed by atoms with Crippen molar-refractivity contribution in [1.82, 2.24) is 9.38 Å². The average Bonchev–Trinajstić information content (AvgIpc) is 3.11. The number of hydrogen-bond donors (Lipinski definition) is 0. The Labute approximate surface area is 189 Å². The van der Waals surface area contributed by atoms with Crippen LogP contribution >= 0.6 is 0 Å². The van der Waals surface area contributed by atoms with Crippen LogP contribution in [0.15, 0.2) is 60.8 Å². The number of aromatic nitrogens is 2. The minimum atomic E-state index is -0.971. The third kappa shape index (κ3) is 2.49. The summed E-state index contributed by atoms with van der Waals surface area (Å²) in [4.78, 5) is 4.93. The second-order valence-electron chi connectivity index (χ2n) is 10.8. The minimum absolute atomic E-state index is 0.685. The molecule has 3 heteroatoms. The molecule has 0 amide bonds. The van der Waals surface area contributed by atoms with Crippen LogP contribution in [0, 0.1) is 6.92 Å². The van der Waals surface area contributed by atoms with Gasteiger partial charge in [-0.15, -0.1) is 0 Å². The zero-order valence-corrected chi connectivity index (χ0v) is 20.1. The molecular weight excluding hydrogens is 404 g/mol. The molecule has 0 saturated carbocycles. The highest BCUT2D eigenvalue weighted by Gasteiger charge is 2.30. The van der Waals surface area contributed by atoms with E-state index in [0.29, 0.717) is 5.92 Å². The molecule has 158 valence electrons. The molecule has 6 aromatic rings. The summed E-state index contributed by atoms with van der Waals surface area (Å²) >= 11 is 0. The van der Waals surface area contributed by atoms with Gasteiger partial charge < -0.3 is 4.40 Å². The third-order valence-electron chi connectivity index (χ3n) is 8.08. The van der Waals surface area contributed by atoms with Crippen molar-refractivity contribution >= 4 is 57.1 Å². The summed E-state index contributed by atoms with van der Waals surface area (Å²) in [5.41, 5.74) is 7.91. The van der Waals surface area contributed by atoms with Gasteiger partial charge in [0.05, 0.1) is 22.1 Å². The van der Waals surface area contributed by atoms with Crippen molar-refractivity contribution < 1.29 is 0 Å². The fourth-order valence-corrected chi connectivity index (χ4v) is 8.85. The van der Waals surface area contributed by atoms with Crippen LogP contribution in [0.5, 0.6) is 0 Å². The number of nitrogens with zero attached hydrogens (tertiary/aromatic N) is 2. The number of aryl methyl sites for hydroxylation is 1. The lowest BCUT2D eigenvalue weighted by Gasteiger charge is -2.33. The first-order chi connectivity index (χ1) is 15.5. The van der Waals surface area contributed by atoms with Crippen molar-refractivity contribution in [2.75, 3.05) is 0 Å². The number of rotatable bonds is 1. The summed E-state index contributed by atoms with van der Waals surface area (Å²) < 4.78 is 2.53. The van der Waals surface area contributed by atoms with Crippen molar-refractivity contribution in [3.8, 4) is 0 Å². The fourth-order valence-electron chi connectivity index (χ4n) is 6.34. The van der Waals surface area contributed by atoms with Crippen LogP contribution in [0.25, 0.3) is 49.0 Å². The van der Waals surface area contributed by atoms with E-state index in [9.17, 15) is 0 Å². The summed E-state index contributed by atoms with van der Waals surface area (Å²) in [6, 6.07) is 23.7. The number of para-hydroxylation sites is 1. The van der Waals surface area contributed by atoms with E-state index in [1.807, 2.05) is 6.20 Å². The molecule has 1 aliphatic rings. The number of benzene rings is 3. The predicted molar refractivity (Wildman–Crippen MR) is 140 cm³/mol. The van der Waals surface area contributed by atoms with Crippen molar-refractivity contribution in [2.45, 2.75) is 50.9 Å². The van der Waals surface area contributed by atoms with E-state index < -0.39 is 8.07 Å². The van der Waals surface area contributed by atoms with E-state index in [0.717, 1.165) is 5.52 Å². The standard InChI is InChI=1S/C29H28N2Si/c1-18-14-23-22-6-4-5-7-25(22)31-26-17-21(19-9-12-32(2,3)13-10-19)16-20-8-11-30-28(27(20)26)24(15-18)29(23)31/h4-8,11,14-17,19H,9-10,12-13H2,1-3H3. The van der Waals surface area contributed by atoms with Gasteiger partial charge in [0.25, 0.3) is 0 Å². The van der Waals surface area contributed by atoms with Gasteiger partial charge in [0.1, 0.15) is 0 Å². The molecule has 32 heavy (non-hydrogen) atoms. The second kappa shape index (κ2) is 6.32. The van der Waals surface area contributed by atoms with Crippen LogP contribution in [0.2, 0.25) is 25.2 Å². The molecule has 2 nitrogen and oxygen atoms in total. The zero-order valence-electron chi connectivity index (χ0n) is 19.1. The topological polar surface area (TPSA) is 17.3 Å². The van der Waals surface area contributed by atoms with Gasteiger partial charge in [0.15, 0.2) is 0 Å². The Hall–Kier alpha value is -2.91. The summed E-state index contributed by atoms with van der Waals surface area (Å²) in [5.74, 6) is 0.685. The maximum atomic E-state index is 4.93. The largest absolute Gasteiger partial charge is 0.308 e.